The molecule has 1 atom stereocenters. The van der Waals surface area contributed by atoms with Gasteiger partial charge in [0.05, 0.1) is 6.42 Å². The van der Waals surface area contributed by atoms with Crippen molar-refractivity contribution in [2.75, 3.05) is 0 Å². The molecule has 0 N–H and O–H groups in total. The van der Waals surface area contributed by atoms with E-state index < -0.39 is 0 Å². The minimum absolute atomic E-state index is 0.177. The van der Waals surface area contributed by atoms with Crippen LogP contribution < -0.4 is 0 Å². The zero-order chi connectivity index (χ0) is 11.1. The summed E-state index contributed by atoms with van der Waals surface area (Å²) in [6.07, 6.45) is 3.80. The fourth-order valence-electron chi connectivity index (χ4n) is 1.25. The Bertz CT molecular complexity index is 328. The van der Waals surface area contributed by atoms with Gasteiger partial charge in [0.1, 0.15) is 6.10 Å². The standard InChI is InChI=1S/C13H16O2/c1-3-4-10-13(14)15-11(2)12-8-6-5-7-9-12/h3-9,11H,10H2,1-2H3/b4-3+. The van der Waals surface area contributed by atoms with Gasteiger partial charge in [0, 0.05) is 0 Å². The molecule has 1 unspecified atom stereocenters. The van der Waals surface area contributed by atoms with Crippen LogP contribution in [-0.4, -0.2) is 5.97 Å². The summed E-state index contributed by atoms with van der Waals surface area (Å²) in [6, 6.07) is 9.72. The van der Waals surface area contributed by atoms with Crippen LogP contribution in [0.2, 0.25) is 0 Å². The van der Waals surface area contributed by atoms with Gasteiger partial charge in [-0.15, -0.1) is 0 Å². The number of hydrogen-bond acceptors (Lipinski definition) is 2. The third kappa shape index (κ3) is 3.98. The van der Waals surface area contributed by atoms with E-state index in [1.54, 1.807) is 6.08 Å². The van der Waals surface area contributed by atoms with E-state index in [1.807, 2.05) is 50.3 Å². The molecule has 0 saturated heterocycles. The largest absolute Gasteiger partial charge is 0.458 e. The van der Waals surface area contributed by atoms with Gasteiger partial charge in [0.25, 0.3) is 0 Å². The summed E-state index contributed by atoms with van der Waals surface area (Å²) >= 11 is 0. The maximum absolute atomic E-state index is 11.3. The minimum atomic E-state index is -0.190. The molecule has 15 heavy (non-hydrogen) atoms. The number of rotatable bonds is 4. The van der Waals surface area contributed by atoms with E-state index >= 15 is 0 Å². The first-order valence-electron chi connectivity index (χ1n) is 5.09. The fraction of sp³-hybridized carbons (Fsp3) is 0.308. The summed E-state index contributed by atoms with van der Waals surface area (Å²) in [5.74, 6) is -0.190. The Labute approximate surface area is 90.6 Å². The predicted octanol–water partition coefficient (Wildman–Crippen LogP) is 3.26. The SMILES string of the molecule is C/C=C/CC(=O)OC(C)c1ccccc1. The van der Waals surface area contributed by atoms with Crippen molar-refractivity contribution in [2.24, 2.45) is 0 Å². The third-order valence-corrected chi connectivity index (χ3v) is 2.10. The van der Waals surface area contributed by atoms with Crippen molar-refractivity contribution < 1.29 is 9.53 Å². The van der Waals surface area contributed by atoms with E-state index in [4.69, 9.17) is 4.74 Å². The first-order valence-corrected chi connectivity index (χ1v) is 5.09. The van der Waals surface area contributed by atoms with Crippen LogP contribution in [0.3, 0.4) is 0 Å². The Morgan fingerprint density at radius 1 is 1.40 bits per heavy atom. The predicted molar refractivity (Wildman–Crippen MR) is 60.4 cm³/mol. The molecule has 0 radical (unpaired) electrons. The highest BCUT2D eigenvalue weighted by atomic mass is 16.5. The molecule has 1 aromatic rings. The van der Waals surface area contributed by atoms with E-state index in [0.717, 1.165) is 5.56 Å². The van der Waals surface area contributed by atoms with Crippen LogP contribution in [0.1, 0.15) is 31.9 Å². The van der Waals surface area contributed by atoms with E-state index in [9.17, 15) is 4.79 Å². The number of hydrogen-bond donors (Lipinski definition) is 0. The fourth-order valence-corrected chi connectivity index (χ4v) is 1.25. The molecule has 0 bridgehead atoms. The molecule has 0 aliphatic heterocycles. The first-order chi connectivity index (χ1) is 7.24. The highest BCUT2D eigenvalue weighted by Gasteiger charge is 2.09. The van der Waals surface area contributed by atoms with Gasteiger partial charge in [-0.05, 0) is 19.4 Å². The summed E-state index contributed by atoms with van der Waals surface area (Å²) in [7, 11) is 0. The molecule has 2 nitrogen and oxygen atoms in total. The average molecular weight is 204 g/mol. The third-order valence-electron chi connectivity index (χ3n) is 2.10. The lowest BCUT2D eigenvalue weighted by atomic mass is 10.1. The van der Waals surface area contributed by atoms with Gasteiger partial charge in [0.2, 0.25) is 0 Å². The van der Waals surface area contributed by atoms with Gasteiger partial charge >= 0.3 is 5.97 Å². The van der Waals surface area contributed by atoms with Crippen molar-refractivity contribution in [3.8, 4) is 0 Å². The summed E-state index contributed by atoms with van der Waals surface area (Å²) in [5, 5.41) is 0. The van der Waals surface area contributed by atoms with Crippen molar-refractivity contribution in [2.45, 2.75) is 26.4 Å². The summed E-state index contributed by atoms with van der Waals surface area (Å²) in [5.41, 5.74) is 1.02. The lowest BCUT2D eigenvalue weighted by Gasteiger charge is -2.12. The van der Waals surface area contributed by atoms with E-state index in [1.165, 1.54) is 0 Å². The molecule has 0 aliphatic carbocycles. The lowest BCUT2D eigenvalue weighted by Crippen LogP contribution is -2.07. The maximum atomic E-state index is 11.3. The van der Waals surface area contributed by atoms with Crippen LogP contribution >= 0.6 is 0 Å². The maximum Gasteiger partial charge on any atom is 0.310 e. The normalized spacial score (nSPS) is 12.7. The van der Waals surface area contributed by atoms with Crippen molar-refractivity contribution >= 4 is 5.97 Å². The van der Waals surface area contributed by atoms with Crippen LogP contribution in [0.15, 0.2) is 42.5 Å². The van der Waals surface area contributed by atoms with Crippen LogP contribution in [0, 0.1) is 0 Å². The number of benzene rings is 1. The summed E-state index contributed by atoms with van der Waals surface area (Å²) in [6.45, 7) is 3.76. The van der Waals surface area contributed by atoms with E-state index in [2.05, 4.69) is 0 Å². The number of carbonyl (C=O) groups excluding carboxylic acids is 1. The second-order valence-electron chi connectivity index (χ2n) is 3.32. The van der Waals surface area contributed by atoms with Gasteiger partial charge < -0.3 is 4.74 Å². The monoisotopic (exact) mass is 204 g/mol. The van der Waals surface area contributed by atoms with Crippen LogP contribution in [0.25, 0.3) is 0 Å². The van der Waals surface area contributed by atoms with E-state index in [0.29, 0.717) is 6.42 Å². The molecule has 2 heteroatoms. The highest BCUT2D eigenvalue weighted by molar-refractivity contribution is 5.71. The van der Waals surface area contributed by atoms with Crippen LogP contribution in [-0.2, 0) is 9.53 Å². The second kappa shape index (κ2) is 6.02. The van der Waals surface area contributed by atoms with Crippen molar-refractivity contribution in [1.82, 2.24) is 0 Å². The molecule has 0 spiro atoms. The number of esters is 1. The molecule has 1 rings (SSSR count). The number of allylic oxidation sites excluding steroid dienone is 1. The summed E-state index contributed by atoms with van der Waals surface area (Å²) < 4.78 is 5.25. The minimum Gasteiger partial charge on any atom is -0.458 e. The van der Waals surface area contributed by atoms with Crippen molar-refractivity contribution in [3.05, 3.63) is 48.0 Å². The molecule has 0 fully saturated rings. The molecular weight excluding hydrogens is 188 g/mol. The zero-order valence-corrected chi connectivity index (χ0v) is 9.14. The topological polar surface area (TPSA) is 26.3 Å². The van der Waals surface area contributed by atoms with Gasteiger partial charge in [-0.25, -0.2) is 0 Å². The Balaban J connectivity index is 2.49. The second-order valence-corrected chi connectivity index (χ2v) is 3.32. The number of ether oxygens (including phenoxy) is 1. The molecule has 0 amide bonds. The van der Waals surface area contributed by atoms with Gasteiger partial charge in [0.15, 0.2) is 0 Å². The highest BCUT2D eigenvalue weighted by Crippen LogP contribution is 2.16. The summed E-state index contributed by atoms with van der Waals surface area (Å²) in [4.78, 5) is 11.3. The smallest absolute Gasteiger partial charge is 0.310 e. The molecule has 80 valence electrons. The molecule has 1 aromatic carbocycles. The molecule has 0 heterocycles. The Morgan fingerprint density at radius 3 is 2.67 bits per heavy atom. The Morgan fingerprint density at radius 2 is 2.07 bits per heavy atom. The van der Waals surface area contributed by atoms with Crippen molar-refractivity contribution in [3.63, 3.8) is 0 Å². The van der Waals surface area contributed by atoms with E-state index in [-0.39, 0.29) is 12.1 Å². The zero-order valence-electron chi connectivity index (χ0n) is 9.14. The quantitative estimate of drug-likeness (QED) is 0.556. The molecular formula is C13H16O2. The van der Waals surface area contributed by atoms with Gasteiger partial charge in [-0.2, -0.15) is 0 Å². The first kappa shape index (κ1) is 11.5. The number of carbonyl (C=O) groups is 1. The van der Waals surface area contributed by atoms with Crippen molar-refractivity contribution in [1.29, 1.82) is 0 Å². The Hall–Kier alpha value is -1.57. The molecule has 0 aromatic heterocycles. The van der Waals surface area contributed by atoms with Crippen LogP contribution in [0.5, 0.6) is 0 Å². The Kier molecular flexibility index (Phi) is 4.61. The van der Waals surface area contributed by atoms with Crippen LogP contribution in [0.4, 0.5) is 0 Å². The van der Waals surface area contributed by atoms with Gasteiger partial charge in [-0.1, -0.05) is 42.5 Å². The molecule has 0 saturated carbocycles. The molecule has 0 aliphatic rings. The average Bonchev–Trinajstić information content (AvgIpc) is 2.27. The van der Waals surface area contributed by atoms with Gasteiger partial charge in [-0.3, -0.25) is 4.79 Å². The lowest BCUT2D eigenvalue weighted by molar-refractivity contribution is -0.147.